The van der Waals surface area contributed by atoms with E-state index in [2.05, 4.69) is 9.64 Å². The molecule has 0 bridgehead atoms. The van der Waals surface area contributed by atoms with Crippen LogP contribution in [0.1, 0.15) is 19.4 Å². The number of ether oxygens (including phenoxy) is 2. The number of hydrogen-bond donors (Lipinski definition) is 0. The van der Waals surface area contributed by atoms with Crippen molar-refractivity contribution >= 4 is 10.2 Å². The Kier molecular flexibility index (Phi) is 6.74. The highest BCUT2D eigenvalue weighted by molar-refractivity contribution is 7.86. The van der Waals surface area contributed by atoms with Crippen molar-refractivity contribution in [1.29, 1.82) is 0 Å². The summed E-state index contributed by atoms with van der Waals surface area (Å²) in [4.78, 5) is 2.08. The third-order valence-corrected chi connectivity index (χ3v) is 6.90. The number of piperazine rings is 1. The lowest BCUT2D eigenvalue weighted by Gasteiger charge is -2.40. The van der Waals surface area contributed by atoms with Gasteiger partial charge in [0.2, 0.25) is 0 Å². The molecule has 164 valence electrons. The van der Waals surface area contributed by atoms with Crippen LogP contribution in [-0.2, 0) is 21.5 Å². The number of morpholine rings is 1. The van der Waals surface area contributed by atoms with Crippen LogP contribution in [0.3, 0.4) is 0 Å². The standard InChI is InChI=1S/C18H26F3N3O4S/c1-14-11-24(12-15(2)27-14)29(25,26)23-9-7-22(8-10-23)13-16-3-5-17(6-4-16)28-18(19,20)21/h3-6,14-15H,7-13H2,1-2H3. The van der Waals surface area contributed by atoms with Gasteiger partial charge in [0.1, 0.15) is 5.75 Å². The molecule has 11 heteroatoms. The number of rotatable bonds is 5. The summed E-state index contributed by atoms with van der Waals surface area (Å²) in [6.07, 6.45) is -4.99. The number of nitrogens with zero attached hydrogens (tertiary/aromatic N) is 3. The molecular formula is C18H26F3N3O4S. The average molecular weight is 437 g/mol. The molecule has 2 saturated heterocycles. The molecule has 1 aromatic rings. The molecule has 7 nitrogen and oxygen atoms in total. The molecule has 2 aliphatic heterocycles. The highest BCUT2D eigenvalue weighted by Crippen LogP contribution is 2.24. The van der Waals surface area contributed by atoms with Crippen LogP contribution >= 0.6 is 0 Å². The minimum absolute atomic E-state index is 0.140. The van der Waals surface area contributed by atoms with Gasteiger partial charge in [-0.3, -0.25) is 4.90 Å². The highest BCUT2D eigenvalue weighted by Gasteiger charge is 2.36. The number of benzene rings is 1. The first kappa shape index (κ1) is 22.3. The van der Waals surface area contributed by atoms with Crippen molar-refractivity contribution in [2.75, 3.05) is 39.3 Å². The second kappa shape index (κ2) is 8.76. The van der Waals surface area contributed by atoms with Crippen LogP contribution in [0.15, 0.2) is 24.3 Å². The van der Waals surface area contributed by atoms with Crippen LogP contribution in [0.25, 0.3) is 0 Å². The third kappa shape index (κ3) is 6.05. The summed E-state index contributed by atoms with van der Waals surface area (Å²) in [6, 6.07) is 5.73. The minimum atomic E-state index is -4.71. The molecule has 0 aromatic heterocycles. The van der Waals surface area contributed by atoms with Crippen molar-refractivity contribution in [2.24, 2.45) is 0 Å². The van der Waals surface area contributed by atoms with Crippen LogP contribution in [-0.4, -0.2) is 79.8 Å². The zero-order chi connectivity index (χ0) is 21.2. The molecule has 2 atom stereocenters. The lowest BCUT2D eigenvalue weighted by molar-refractivity contribution is -0.274. The largest absolute Gasteiger partial charge is 0.573 e. The van der Waals surface area contributed by atoms with E-state index in [4.69, 9.17) is 4.74 Å². The molecule has 2 fully saturated rings. The maximum Gasteiger partial charge on any atom is 0.573 e. The smallest absolute Gasteiger partial charge is 0.406 e. The summed E-state index contributed by atoms with van der Waals surface area (Å²) in [5.41, 5.74) is 0.840. The maximum atomic E-state index is 12.9. The van der Waals surface area contributed by atoms with Crippen molar-refractivity contribution < 1.29 is 31.1 Å². The quantitative estimate of drug-likeness (QED) is 0.706. The van der Waals surface area contributed by atoms with Crippen LogP contribution in [0.2, 0.25) is 0 Å². The Hall–Kier alpha value is -1.40. The predicted octanol–water partition coefficient (Wildman–Crippen LogP) is 2.06. The number of alkyl halides is 3. The fourth-order valence-electron chi connectivity index (χ4n) is 3.66. The van der Waals surface area contributed by atoms with Gasteiger partial charge < -0.3 is 9.47 Å². The van der Waals surface area contributed by atoms with Crippen molar-refractivity contribution in [3.05, 3.63) is 29.8 Å². The molecule has 0 aliphatic carbocycles. The second-order valence-corrected chi connectivity index (χ2v) is 9.38. The van der Waals surface area contributed by atoms with Gasteiger partial charge in [-0.1, -0.05) is 12.1 Å². The normalized spacial score (nSPS) is 25.8. The van der Waals surface area contributed by atoms with Gasteiger partial charge in [0.05, 0.1) is 12.2 Å². The summed E-state index contributed by atoms with van der Waals surface area (Å²) in [5, 5.41) is 0. The summed E-state index contributed by atoms with van der Waals surface area (Å²) in [6.45, 7) is 6.80. The summed E-state index contributed by atoms with van der Waals surface area (Å²) < 4.78 is 75.0. The van der Waals surface area contributed by atoms with Crippen molar-refractivity contribution in [3.63, 3.8) is 0 Å². The highest BCUT2D eigenvalue weighted by atomic mass is 32.2. The third-order valence-electron chi connectivity index (χ3n) is 4.93. The monoisotopic (exact) mass is 437 g/mol. The molecule has 1 aromatic carbocycles. The molecule has 0 radical (unpaired) electrons. The Balaban J connectivity index is 1.52. The molecule has 3 rings (SSSR count). The van der Waals surface area contributed by atoms with Crippen LogP contribution < -0.4 is 4.74 Å². The van der Waals surface area contributed by atoms with Gasteiger partial charge in [-0.25, -0.2) is 0 Å². The van der Waals surface area contributed by atoms with E-state index in [1.807, 2.05) is 13.8 Å². The van der Waals surface area contributed by atoms with E-state index >= 15 is 0 Å². The first-order valence-corrected chi connectivity index (χ1v) is 10.9. The summed E-state index contributed by atoms with van der Waals surface area (Å²) in [5.74, 6) is -0.258. The first-order chi connectivity index (χ1) is 13.5. The van der Waals surface area contributed by atoms with Crippen LogP contribution in [0.5, 0.6) is 5.75 Å². The second-order valence-electron chi connectivity index (χ2n) is 7.45. The van der Waals surface area contributed by atoms with Crippen LogP contribution in [0, 0.1) is 0 Å². The van der Waals surface area contributed by atoms with E-state index < -0.39 is 16.6 Å². The zero-order valence-corrected chi connectivity index (χ0v) is 17.2. The van der Waals surface area contributed by atoms with E-state index in [9.17, 15) is 21.6 Å². The van der Waals surface area contributed by atoms with Crippen molar-refractivity contribution in [2.45, 2.75) is 39.0 Å². The Bertz CT molecular complexity index is 771. The lowest BCUT2D eigenvalue weighted by atomic mass is 10.2. The van der Waals surface area contributed by atoms with Gasteiger partial charge in [-0.15, -0.1) is 13.2 Å². The molecule has 0 saturated carbocycles. The average Bonchev–Trinajstić information content (AvgIpc) is 2.62. The molecule has 0 amide bonds. The van der Waals surface area contributed by atoms with E-state index in [1.165, 1.54) is 20.7 Å². The summed E-state index contributed by atoms with van der Waals surface area (Å²) >= 11 is 0. The molecule has 29 heavy (non-hydrogen) atoms. The van der Waals surface area contributed by atoms with E-state index in [0.717, 1.165) is 5.56 Å². The van der Waals surface area contributed by atoms with Gasteiger partial charge in [0.25, 0.3) is 10.2 Å². The topological polar surface area (TPSA) is 62.3 Å². The first-order valence-electron chi connectivity index (χ1n) is 9.50. The fourth-order valence-corrected chi connectivity index (χ4v) is 5.40. The maximum absolute atomic E-state index is 12.9. The minimum Gasteiger partial charge on any atom is -0.406 e. The van der Waals surface area contributed by atoms with Gasteiger partial charge in [-0.2, -0.15) is 17.0 Å². The van der Waals surface area contributed by atoms with E-state index in [-0.39, 0.29) is 18.0 Å². The SMILES string of the molecule is CC1CN(S(=O)(=O)N2CCN(Cc3ccc(OC(F)(F)F)cc3)CC2)CC(C)O1. The van der Waals surface area contributed by atoms with Gasteiger partial charge in [0.15, 0.2) is 0 Å². The van der Waals surface area contributed by atoms with E-state index in [0.29, 0.717) is 45.8 Å². The van der Waals surface area contributed by atoms with E-state index in [1.54, 1.807) is 12.1 Å². The Morgan fingerprint density at radius 1 is 1.00 bits per heavy atom. The zero-order valence-electron chi connectivity index (χ0n) is 16.4. The van der Waals surface area contributed by atoms with Crippen LogP contribution in [0.4, 0.5) is 13.2 Å². The number of halogens is 3. The molecule has 2 aliphatic rings. The fraction of sp³-hybridized carbons (Fsp3) is 0.667. The molecule has 0 N–H and O–H groups in total. The molecular weight excluding hydrogens is 411 g/mol. The lowest BCUT2D eigenvalue weighted by Crippen LogP contribution is -2.56. The Labute approximate surface area is 169 Å². The molecule has 2 unspecified atom stereocenters. The predicted molar refractivity (Wildman–Crippen MR) is 100 cm³/mol. The van der Waals surface area contributed by atoms with Gasteiger partial charge in [0, 0.05) is 45.8 Å². The molecule has 2 heterocycles. The molecule has 0 spiro atoms. The van der Waals surface area contributed by atoms with Crippen molar-refractivity contribution in [3.8, 4) is 5.75 Å². The van der Waals surface area contributed by atoms with Crippen molar-refractivity contribution in [1.82, 2.24) is 13.5 Å². The van der Waals surface area contributed by atoms with Gasteiger partial charge in [-0.05, 0) is 31.5 Å². The van der Waals surface area contributed by atoms with Gasteiger partial charge >= 0.3 is 6.36 Å². The summed E-state index contributed by atoms with van der Waals surface area (Å²) in [7, 11) is -3.53. The number of hydrogen-bond acceptors (Lipinski definition) is 5. The Morgan fingerprint density at radius 3 is 2.07 bits per heavy atom. The Morgan fingerprint density at radius 2 is 1.55 bits per heavy atom.